The Hall–Kier alpha value is -2.87. The number of carbonyl (C=O) groups excluding carboxylic acids is 2. The summed E-state index contributed by atoms with van der Waals surface area (Å²) in [5.41, 5.74) is 1.77. The second-order valence-corrected chi connectivity index (χ2v) is 7.73. The van der Waals surface area contributed by atoms with Crippen LogP contribution in [0.5, 0.6) is 0 Å². The Morgan fingerprint density at radius 2 is 1.54 bits per heavy atom. The summed E-state index contributed by atoms with van der Waals surface area (Å²) in [7, 11) is -0.586. The van der Waals surface area contributed by atoms with E-state index in [1.54, 1.807) is 55.5 Å². The van der Waals surface area contributed by atoms with E-state index in [9.17, 15) is 18.0 Å². The molecule has 0 aliphatic heterocycles. The molecule has 2 rings (SSSR count). The van der Waals surface area contributed by atoms with Crippen LogP contribution in [0.4, 0.5) is 11.4 Å². The van der Waals surface area contributed by atoms with Gasteiger partial charge >= 0.3 is 5.97 Å². The number of amides is 1. The van der Waals surface area contributed by atoms with Gasteiger partial charge in [0.25, 0.3) is 5.91 Å². The van der Waals surface area contributed by atoms with E-state index in [2.05, 4.69) is 10.1 Å². The molecule has 1 N–H and O–H groups in total. The number of ether oxygens (including phenoxy) is 1. The molecule has 1 amide bonds. The predicted molar refractivity (Wildman–Crippen MR) is 100 cm³/mol. The van der Waals surface area contributed by atoms with Crippen molar-refractivity contribution in [3.8, 4) is 0 Å². The number of nitrogens with one attached hydrogen (secondary N) is 1. The average molecular weight is 376 g/mol. The summed E-state index contributed by atoms with van der Waals surface area (Å²) in [4.78, 5) is 23.7. The second-order valence-electron chi connectivity index (χ2n) is 5.44. The lowest BCUT2D eigenvalue weighted by molar-refractivity contribution is 0.0600. The third kappa shape index (κ3) is 4.40. The first-order valence-electron chi connectivity index (χ1n) is 7.85. The van der Waals surface area contributed by atoms with E-state index in [-0.39, 0.29) is 11.7 Å². The number of rotatable bonds is 6. The maximum absolute atomic E-state index is 12.3. The van der Waals surface area contributed by atoms with E-state index in [4.69, 9.17) is 0 Å². The molecule has 0 saturated carbocycles. The Labute approximate surface area is 152 Å². The fourth-order valence-electron chi connectivity index (χ4n) is 2.19. The van der Waals surface area contributed by atoms with E-state index >= 15 is 0 Å². The number of hydrogen-bond acceptors (Lipinski definition) is 5. The van der Waals surface area contributed by atoms with Crippen LogP contribution < -0.4 is 9.62 Å². The van der Waals surface area contributed by atoms with E-state index in [1.807, 2.05) is 0 Å². The summed E-state index contributed by atoms with van der Waals surface area (Å²) >= 11 is 0. The van der Waals surface area contributed by atoms with Crippen molar-refractivity contribution in [1.82, 2.24) is 0 Å². The van der Waals surface area contributed by atoms with E-state index < -0.39 is 16.0 Å². The van der Waals surface area contributed by atoms with Crippen LogP contribution in [0.1, 0.15) is 27.6 Å². The Balaban J connectivity index is 2.09. The Morgan fingerprint density at radius 1 is 1.00 bits per heavy atom. The van der Waals surface area contributed by atoms with Gasteiger partial charge in [-0.25, -0.2) is 13.2 Å². The van der Waals surface area contributed by atoms with Crippen LogP contribution in [0.2, 0.25) is 0 Å². The molecule has 0 heterocycles. The van der Waals surface area contributed by atoms with Crippen LogP contribution in [0, 0.1) is 0 Å². The van der Waals surface area contributed by atoms with Gasteiger partial charge in [-0.1, -0.05) is 0 Å². The zero-order valence-electron chi connectivity index (χ0n) is 14.7. The number of carbonyl (C=O) groups is 2. The molecule has 2 aromatic rings. The SMILES string of the molecule is CCS(=O)(=O)N(C)c1ccc(C(=O)Nc2ccc(C(=O)OC)cc2)cc1. The van der Waals surface area contributed by atoms with Gasteiger partial charge in [0.2, 0.25) is 10.0 Å². The minimum atomic E-state index is -3.35. The highest BCUT2D eigenvalue weighted by Crippen LogP contribution is 2.18. The number of hydrogen-bond donors (Lipinski definition) is 1. The third-order valence-electron chi connectivity index (χ3n) is 3.84. The van der Waals surface area contributed by atoms with Gasteiger partial charge in [0.15, 0.2) is 0 Å². The average Bonchev–Trinajstić information content (AvgIpc) is 2.67. The normalized spacial score (nSPS) is 10.9. The van der Waals surface area contributed by atoms with Gasteiger partial charge in [-0.05, 0) is 55.5 Å². The Kier molecular flexibility index (Phi) is 5.99. The standard InChI is InChI=1S/C18H20N2O5S/c1-4-26(23,24)20(2)16-11-7-13(8-12-16)17(21)19-15-9-5-14(6-10-15)18(22)25-3/h5-12H,4H2,1-3H3,(H,19,21). The van der Waals surface area contributed by atoms with Crippen LogP contribution in [0.15, 0.2) is 48.5 Å². The molecule has 138 valence electrons. The number of sulfonamides is 1. The van der Waals surface area contributed by atoms with Crippen molar-refractivity contribution < 1.29 is 22.7 Å². The molecule has 0 aromatic heterocycles. The van der Waals surface area contributed by atoms with E-state index in [0.717, 1.165) is 0 Å². The molecule has 0 aliphatic rings. The largest absolute Gasteiger partial charge is 0.465 e. The molecule has 0 atom stereocenters. The van der Waals surface area contributed by atoms with Crippen LogP contribution in [0.3, 0.4) is 0 Å². The summed E-state index contributed by atoms with van der Waals surface area (Å²) in [5.74, 6) is -0.805. The summed E-state index contributed by atoms with van der Waals surface area (Å²) in [5, 5.41) is 2.71. The summed E-state index contributed by atoms with van der Waals surface area (Å²) in [6.07, 6.45) is 0. The number of anilines is 2. The van der Waals surface area contributed by atoms with Gasteiger partial charge in [0.1, 0.15) is 0 Å². The molecule has 7 nitrogen and oxygen atoms in total. The molecule has 0 unspecified atom stereocenters. The maximum atomic E-state index is 12.3. The number of benzene rings is 2. The molecule has 0 radical (unpaired) electrons. The van der Waals surface area contributed by atoms with Gasteiger partial charge < -0.3 is 10.1 Å². The van der Waals surface area contributed by atoms with Crippen molar-refractivity contribution in [3.63, 3.8) is 0 Å². The monoisotopic (exact) mass is 376 g/mol. The smallest absolute Gasteiger partial charge is 0.337 e. The van der Waals surface area contributed by atoms with Crippen molar-refractivity contribution in [1.29, 1.82) is 0 Å². The van der Waals surface area contributed by atoms with Gasteiger partial charge in [0.05, 0.1) is 24.1 Å². The molecule has 0 fully saturated rings. The zero-order valence-corrected chi connectivity index (χ0v) is 15.5. The maximum Gasteiger partial charge on any atom is 0.337 e. The van der Waals surface area contributed by atoms with Crippen molar-refractivity contribution >= 4 is 33.3 Å². The lowest BCUT2D eigenvalue weighted by Gasteiger charge is -2.18. The van der Waals surface area contributed by atoms with Crippen LogP contribution in [-0.2, 0) is 14.8 Å². The quantitative estimate of drug-likeness (QED) is 0.782. The minimum Gasteiger partial charge on any atom is -0.465 e. The molecular weight excluding hydrogens is 356 g/mol. The van der Waals surface area contributed by atoms with Crippen LogP contribution in [-0.4, -0.2) is 40.2 Å². The van der Waals surface area contributed by atoms with Crippen molar-refractivity contribution in [2.75, 3.05) is 29.5 Å². The van der Waals surface area contributed by atoms with Gasteiger partial charge in [-0.15, -0.1) is 0 Å². The first-order valence-corrected chi connectivity index (χ1v) is 9.46. The number of esters is 1. The third-order valence-corrected chi connectivity index (χ3v) is 5.61. The van der Waals surface area contributed by atoms with Crippen molar-refractivity contribution in [3.05, 3.63) is 59.7 Å². The van der Waals surface area contributed by atoms with Gasteiger partial charge in [-0.2, -0.15) is 0 Å². The highest BCUT2D eigenvalue weighted by molar-refractivity contribution is 7.92. The number of nitrogens with zero attached hydrogens (tertiary/aromatic N) is 1. The summed E-state index contributed by atoms with van der Waals surface area (Å²) < 4.78 is 29.5. The van der Waals surface area contributed by atoms with E-state index in [1.165, 1.54) is 18.5 Å². The molecule has 26 heavy (non-hydrogen) atoms. The molecular formula is C18H20N2O5S. The second kappa shape index (κ2) is 8.01. The fraction of sp³-hybridized carbons (Fsp3) is 0.222. The number of methoxy groups -OCH3 is 1. The summed E-state index contributed by atoms with van der Waals surface area (Å²) in [6, 6.07) is 12.5. The van der Waals surface area contributed by atoms with Crippen molar-refractivity contribution in [2.24, 2.45) is 0 Å². The fourth-order valence-corrected chi connectivity index (χ4v) is 3.02. The topological polar surface area (TPSA) is 92.8 Å². The highest BCUT2D eigenvalue weighted by atomic mass is 32.2. The van der Waals surface area contributed by atoms with Crippen molar-refractivity contribution in [2.45, 2.75) is 6.92 Å². The first-order chi connectivity index (χ1) is 12.3. The first kappa shape index (κ1) is 19.5. The van der Waals surface area contributed by atoms with Gasteiger partial charge in [0, 0.05) is 18.3 Å². The molecule has 2 aromatic carbocycles. The van der Waals surface area contributed by atoms with Crippen LogP contribution >= 0.6 is 0 Å². The lowest BCUT2D eigenvalue weighted by atomic mass is 10.1. The molecule has 0 spiro atoms. The molecule has 0 aliphatic carbocycles. The Bertz CT molecular complexity index is 890. The molecule has 0 bridgehead atoms. The Morgan fingerprint density at radius 3 is 2.04 bits per heavy atom. The van der Waals surface area contributed by atoms with E-state index in [0.29, 0.717) is 22.5 Å². The minimum absolute atomic E-state index is 0.00664. The lowest BCUT2D eigenvalue weighted by Crippen LogP contribution is -2.28. The zero-order chi connectivity index (χ0) is 19.3. The van der Waals surface area contributed by atoms with Crippen LogP contribution in [0.25, 0.3) is 0 Å². The molecule has 0 saturated heterocycles. The predicted octanol–water partition coefficient (Wildman–Crippen LogP) is 2.51. The molecule has 8 heteroatoms. The summed E-state index contributed by atoms with van der Waals surface area (Å²) in [6.45, 7) is 1.57. The van der Waals surface area contributed by atoms with Gasteiger partial charge in [-0.3, -0.25) is 9.10 Å². The highest BCUT2D eigenvalue weighted by Gasteiger charge is 2.16.